The molecule has 21 heavy (non-hydrogen) atoms. The summed E-state index contributed by atoms with van der Waals surface area (Å²) in [5, 5.41) is 11.3. The number of nitrogens with one attached hydrogen (secondary N) is 1. The minimum Gasteiger partial charge on any atom is -0.468 e. The fourth-order valence-electron chi connectivity index (χ4n) is 2.05. The molecule has 0 radical (unpaired) electrons. The van der Waals surface area contributed by atoms with E-state index in [2.05, 4.69) is 5.32 Å². The van der Waals surface area contributed by atoms with Gasteiger partial charge in [-0.05, 0) is 31.5 Å². The zero-order valence-corrected chi connectivity index (χ0v) is 12.3. The Balaban J connectivity index is 1.89. The van der Waals surface area contributed by atoms with Crippen LogP contribution in [0.15, 0.2) is 18.2 Å². The van der Waals surface area contributed by atoms with Crippen LogP contribution in [0.1, 0.15) is 29.8 Å². The lowest BCUT2D eigenvalue weighted by Crippen LogP contribution is -2.51. The first kappa shape index (κ1) is 15.8. The summed E-state index contributed by atoms with van der Waals surface area (Å²) < 4.78 is 16.2. The number of aliphatic hydroxyl groups is 1. The molecule has 0 atom stereocenters. The molecule has 2 N–H and O–H groups in total. The third-order valence-electron chi connectivity index (χ3n) is 2.94. The normalized spacial score (nSPS) is 16.0. The number of carbonyl (C=O) groups is 1. The van der Waals surface area contributed by atoms with Gasteiger partial charge in [-0.25, -0.2) is 0 Å². The minimum atomic E-state index is -0.688. The summed E-state index contributed by atoms with van der Waals surface area (Å²) in [6, 6.07) is 5.44. The van der Waals surface area contributed by atoms with E-state index in [0.29, 0.717) is 37.7 Å². The van der Waals surface area contributed by atoms with Crippen LogP contribution in [-0.4, -0.2) is 43.2 Å². The molecule has 0 aromatic heterocycles. The average Bonchev–Trinajstić information content (AvgIpc) is 2.42. The van der Waals surface area contributed by atoms with Crippen molar-refractivity contribution in [1.82, 2.24) is 5.32 Å². The van der Waals surface area contributed by atoms with Crippen molar-refractivity contribution >= 4 is 5.91 Å². The molecule has 1 heterocycles. The molecule has 6 nitrogen and oxygen atoms in total. The van der Waals surface area contributed by atoms with E-state index in [0.717, 1.165) is 5.56 Å². The summed E-state index contributed by atoms with van der Waals surface area (Å²) in [6.07, 6.45) is 0. The Morgan fingerprint density at radius 3 is 2.76 bits per heavy atom. The van der Waals surface area contributed by atoms with E-state index >= 15 is 0 Å². The Morgan fingerprint density at radius 1 is 1.24 bits per heavy atom. The first-order valence-corrected chi connectivity index (χ1v) is 6.92. The van der Waals surface area contributed by atoms with E-state index in [1.165, 1.54) is 0 Å². The van der Waals surface area contributed by atoms with E-state index in [-0.39, 0.29) is 12.5 Å². The van der Waals surface area contributed by atoms with Gasteiger partial charge < -0.3 is 24.6 Å². The highest BCUT2D eigenvalue weighted by Gasteiger charge is 2.31. The summed E-state index contributed by atoms with van der Waals surface area (Å²) >= 11 is 0. The van der Waals surface area contributed by atoms with Crippen LogP contribution < -0.4 is 10.1 Å². The number of carbonyl (C=O) groups excluding carboxylic acids is 1. The molecule has 0 bridgehead atoms. The molecule has 0 aliphatic carbocycles. The maximum Gasteiger partial charge on any atom is 0.258 e. The van der Waals surface area contributed by atoms with Crippen LogP contribution in [0.3, 0.4) is 0 Å². The molecule has 1 aromatic carbocycles. The van der Waals surface area contributed by atoms with Crippen LogP contribution >= 0.6 is 0 Å². The van der Waals surface area contributed by atoms with Gasteiger partial charge in [-0.15, -0.1) is 0 Å². The molecule has 1 aliphatic heterocycles. The van der Waals surface area contributed by atoms with Crippen LogP contribution in [-0.2, 0) is 16.1 Å². The van der Waals surface area contributed by atoms with E-state index in [9.17, 15) is 4.79 Å². The Kier molecular flexibility index (Phi) is 5.17. The number of aliphatic hydroxyl groups excluding tert-OH is 1. The molecule has 2 rings (SSSR count). The standard InChI is InChI=1S/C15H21NO5/c1-15(2)16-14(18)12-9-11(3-4-13(12)21-15)10-20-8-7-19-6-5-17/h3-4,9,17H,5-8,10H2,1-2H3,(H,16,18). The smallest absolute Gasteiger partial charge is 0.258 e. The molecule has 0 unspecified atom stereocenters. The van der Waals surface area contributed by atoms with Gasteiger partial charge in [0.05, 0.1) is 38.6 Å². The molecule has 0 spiro atoms. The van der Waals surface area contributed by atoms with Gasteiger partial charge >= 0.3 is 0 Å². The van der Waals surface area contributed by atoms with E-state index in [1.807, 2.05) is 6.07 Å². The quantitative estimate of drug-likeness (QED) is 0.736. The van der Waals surface area contributed by atoms with E-state index < -0.39 is 5.72 Å². The fourth-order valence-corrected chi connectivity index (χ4v) is 2.05. The zero-order valence-electron chi connectivity index (χ0n) is 12.3. The summed E-state index contributed by atoms with van der Waals surface area (Å²) in [5.74, 6) is 0.438. The molecule has 6 heteroatoms. The SMILES string of the molecule is CC1(C)NC(=O)c2cc(COCCOCCO)ccc2O1. The van der Waals surface area contributed by atoms with Crippen molar-refractivity contribution in [2.45, 2.75) is 26.2 Å². The largest absolute Gasteiger partial charge is 0.468 e. The van der Waals surface area contributed by atoms with Crippen LogP contribution in [0, 0.1) is 0 Å². The van der Waals surface area contributed by atoms with E-state index in [1.54, 1.807) is 26.0 Å². The van der Waals surface area contributed by atoms with Crippen molar-refractivity contribution in [3.05, 3.63) is 29.3 Å². The van der Waals surface area contributed by atoms with Crippen LogP contribution in [0.25, 0.3) is 0 Å². The average molecular weight is 295 g/mol. The molecule has 0 fully saturated rings. The van der Waals surface area contributed by atoms with Gasteiger partial charge in [0.15, 0.2) is 5.72 Å². The summed E-state index contributed by atoms with van der Waals surface area (Å²) in [4.78, 5) is 12.0. The Morgan fingerprint density at radius 2 is 2.00 bits per heavy atom. The van der Waals surface area contributed by atoms with Crippen molar-refractivity contribution < 1.29 is 24.1 Å². The van der Waals surface area contributed by atoms with Gasteiger partial charge in [0, 0.05) is 0 Å². The number of rotatable bonds is 7. The molecular formula is C15H21NO5. The maximum absolute atomic E-state index is 12.0. The van der Waals surface area contributed by atoms with Gasteiger partial charge in [0.25, 0.3) is 5.91 Å². The molecular weight excluding hydrogens is 274 g/mol. The third-order valence-corrected chi connectivity index (χ3v) is 2.94. The molecule has 0 saturated carbocycles. The highest BCUT2D eigenvalue weighted by Crippen LogP contribution is 2.28. The van der Waals surface area contributed by atoms with Crippen molar-refractivity contribution in [2.75, 3.05) is 26.4 Å². The lowest BCUT2D eigenvalue weighted by Gasteiger charge is -2.33. The van der Waals surface area contributed by atoms with Crippen molar-refractivity contribution in [2.24, 2.45) is 0 Å². The third kappa shape index (κ3) is 4.42. The number of hydrogen-bond acceptors (Lipinski definition) is 5. The molecule has 1 aliphatic rings. The Bertz CT molecular complexity index is 501. The number of hydrogen-bond donors (Lipinski definition) is 2. The van der Waals surface area contributed by atoms with Gasteiger partial charge in [0.2, 0.25) is 0 Å². The Labute approximate surface area is 124 Å². The zero-order chi connectivity index (χ0) is 15.3. The Hall–Kier alpha value is -1.63. The molecule has 1 amide bonds. The lowest BCUT2D eigenvalue weighted by molar-refractivity contribution is 0.0272. The lowest BCUT2D eigenvalue weighted by atomic mass is 10.1. The summed E-state index contributed by atoms with van der Waals surface area (Å²) in [7, 11) is 0. The molecule has 1 aromatic rings. The van der Waals surface area contributed by atoms with Crippen molar-refractivity contribution in [3.8, 4) is 5.75 Å². The van der Waals surface area contributed by atoms with Crippen LogP contribution in [0.5, 0.6) is 5.75 Å². The number of amides is 1. The van der Waals surface area contributed by atoms with Crippen molar-refractivity contribution in [1.29, 1.82) is 0 Å². The number of fused-ring (bicyclic) bond motifs is 1. The fraction of sp³-hybridized carbons (Fsp3) is 0.533. The van der Waals surface area contributed by atoms with E-state index in [4.69, 9.17) is 19.3 Å². The number of ether oxygens (including phenoxy) is 3. The van der Waals surface area contributed by atoms with Gasteiger partial charge in [0.1, 0.15) is 5.75 Å². The second-order valence-corrected chi connectivity index (χ2v) is 5.29. The first-order valence-electron chi connectivity index (χ1n) is 6.92. The number of benzene rings is 1. The second-order valence-electron chi connectivity index (χ2n) is 5.29. The summed E-state index contributed by atoms with van der Waals surface area (Å²) in [5.41, 5.74) is 0.730. The summed E-state index contributed by atoms with van der Waals surface area (Å²) in [6.45, 7) is 5.20. The maximum atomic E-state index is 12.0. The predicted octanol–water partition coefficient (Wildman–Crippen LogP) is 1.07. The van der Waals surface area contributed by atoms with Gasteiger partial charge in [-0.1, -0.05) is 6.07 Å². The highest BCUT2D eigenvalue weighted by molar-refractivity contribution is 5.98. The molecule has 116 valence electrons. The van der Waals surface area contributed by atoms with Crippen LogP contribution in [0.2, 0.25) is 0 Å². The van der Waals surface area contributed by atoms with Crippen LogP contribution in [0.4, 0.5) is 0 Å². The van der Waals surface area contributed by atoms with Gasteiger partial charge in [-0.3, -0.25) is 4.79 Å². The predicted molar refractivity (Wildman–Crippen MR) is 76.2 cm³/mol. The minimum absolute atomic E-state index is 0.0102. The highest BCUT2D eigenvalue weighted by atomic mass is 16.5. The first-order chi connectivity index (χ1) is 10.0. The van der Waals surface area contributed by atoms with Crippen molar-refractivity contribution in [3.63, 3.8) is 0 Å². The van der Waals surface area contributed by atoms with Gasteiger partial charge in [-0.2, -0.15) is 0 Å². The topological polar surface area (TPSA) is 77.0 Å². The monoisotopic (exact) mass is 295 g/mol. The second kappa shape index (κ2) is 6.89. The molecule has 0 saturated heterocycles.